The average Bonchev–Trinajstić information content (AvgIpc) is 2.45. The van der Waals surface area contributed by atoms with Gasteiger partial charge in [0.25, 0.3) is 0 Å². The number of halogens is 1. The van der Waals surface area contributed by atoms with Gasteiger partial charge in [0.15, 0.2) is 11.5 Å². The van der Waals surface area contributed by atoms with Gasteiger partial charge in [0.2, 0.25) is 0 Å². The summed E-state index contributed by atoms with van der Waals surface area (Å²) in [6.07, 6.45) is 1.79. The van der Waals surface area contributed by atoms with Crippen LogP contribution in [0.5, 0.6) is 11.5 Å². The van der Waals surface area contributed by atoms with Gasteiger partial charge in [-0.3, -0.25) is 4.99 Å². The predicted molar refractivity (Wildman–Crippen MR) is 95.2 cm³/mol. The summed E-state index contributed by atoms with van der Waals surface area (Å²) in [6, 6.07) is 9.79. The van der Waals surface area contributed by atoms with Crippen molar-refractivity contribution < 1.29 is 9.84 Å². The van der Waals surface area contributed by atoms with E-state index in [1.165, 1.54) is 11.1 Å². The molecule has 1 N–H and O–H groups in total. The minimum Gasteiger partial charge on any atom is -0.504 e. The number of nitrogens with zero attached hydrogens (tertiary/aromatic N) is 1. The molecule has 0 aromatic heterocycles. The molecule has 21 heavy (non-hydrogen) atoms. The van der Waals surface area contributed by atoms with E-state index in [4.69, 9.17) is 4.74 Å². The van der Waals surface area contributed by atoms with Gasteiger partial charge in [-0.2, -0.15) is 0 Å². The Labute approximate surface area is 138 Å². The second-order valence-electron chi connectivity index (χ2n) is 4.81. The third-order valence-corrected chi connectivity index (χ3v) is 4.03. The van der Waals surface area contributed by atoms with E-state index >= 15 is 0 Å². The van der Waals surface area contributed by atoms with Crippen LogP contribution < -0.4 is 4.74 Å². The van der Waals surface area contributed by atoms with Gasteiger partial charge in [-0.05, 0) is 84.3 Å². The number of ether oxygens (including phenoxy) is 1. The molecule has 0 saturated heterocycles. The smallest absolute Gasteiger partial charge is 0.171 e. The van der Waals surface area contributed by atoms with Crippen LogP contribution in [-0.4, -0.2) is 17.9 Å². The largest absolute Gasteiger partial charge is 0.504 e. The van der Waals surface area contributed by atoms with Crippen LogP contribution >= 0.6 is 22.6 Å². The summed E-state index contributed by atoms with van der Waals surface area (Å²) in [5.74, 6) is 0.673. The Hall–Kier alpha value is -1.56. The minimum absolute atomic E-state index is 0.181. The maximum Gasteiger partial charge on any atom is 0.171 e. The first-order valence-corrected chi connectivity index (χ1v) is 7.85. The normalized spacial score (nSPS) is 11.0. The molecule has 3 nitrogen and oxygen atoms in total. The summed E-state index contributed by atoms with van der Waals surface area (Å²) in [5, 5.41) is 9.93. The van der Waals surface area contributed by atoms with Crippen LogP contribution in [-0.2, 0) is 0 Å². The minimum atomic E-state index is 0.181. The van der Waals surface area contributed by atoms with Crippen molar-refractivity contribution in [2.24, 2.45) is 4.99 Å². The third-order valence-electron chi connectivity index (χ3n) is 3.20. The molecule has 0 fully saturated rings. The molecule has 0 saturated carbocycles. The molecule has 0 unspecified atom stereocenters. The molecule has 0 amide bonds. The van der Waals surface area contributed by atoms with Crippen LogP contribution in [0.3, 0.4) is 0 Å². The fourth-order valence-electron chi connectivity index (χ4n) is 1.89. The molecule has 0 radical (unpaired) electrons. The van der Waals surface area contributed by atoms with E-state index < -0.39 is 0 Å². The molecular formula is C17H18INO2. The Balaban J connectivity index is 2.30. The molecule has 0 aliphatic carbocycles. The summed E-state index contributed by atoms with van der Waals surface area (Å²) < 4.78 is 6.18. The first-order chi connectivity index (χ1) is 10.0. The summed E-state index contributed by atoms with van der Waals surface area (Å²) in [7, 11) is 0. The van der Waals surface area contributed by atoms with Gasteiger partial charge in [-0.1, -0.05) is 6.07 Å². The van der Waals surface area contributed by atoms with Crippen LogP contribution in [0.4, 0.5) is 5.69 Å². The molecule has 0 heterocycles. The zero-order valence-corrected chi connectivity index (χ0v) is 14.5. The highest BCUT2D eigenvalue weighted by Gasteiger charge is 2.08. The highest BCUT2D eigenvalue weighted by Crippen LogP contribution is 2.32. The lowest BCUT2D eigenvalue weighted by molar-refractivity contribution is 0.317. The molecule has 110 valence electrons. The maximum absolute atomic E-state index is 9.93. The Kier molecular flexibility index (Phi) is 5.22. The molecule has 0 spiro atoms. The van der Waals surface area contributed by atoms with Crippen molar-refractivity contribution in [1.82, 2.24) is 0 Å². The van der Waals surface area contributed by atoms with Crippen molar-refractivity contribution >= 4 is 34.5 Å². The maximum atomic E-state index is 9.93. The molecule has 2 rings (SSSR count). The fraction of sp³-hybridized carbons (Fsp3) is 0.235. The molecular weight excluding hydrogens is 377 g/mol. The van der Waals surface area contributed by atoms with Gasteiger partial charge >= 0.3 is 0 Å². The lowest BCUT2D eigenvalue weighted by atomic mass is 10.1. The van der Waals surface area contributed by atoms with Crippen LogP contribution in [0.25, 0.3) is 0 Å². The highest BCUT2D eigenvalue weighted by atomic mass is 127. The van der Waals surface area contributed by atoms with Gasteiger partial charge < -0.3 is 9.84 Å². The number of phenolic OH excluding ortho intramolecular Hbond substituents is 1. The first kappa shape index (κ1) is 15.8. The quantitative estimate of drug-likeness (QED) is 0.599. The monoisotopic (exact) mass is 395 g/mol. The number of rotatable bonds is 4. The molecule has 0 atom stereocenters. The van der Waals surface area contributed by atoms with Crippen LogP contribution in [0.2, 0.25) is 0 Å². The van der Waals surface area contributed by atoms with E-state index in [1.807, 2.05) is 19.1 Å². The van der Waals surface area contributed by atoms with Gasteiger partial charge in [-0.25, -0.2) is 0 Å². The summed E-state index contributed by atoms with van der Waals surface area (Å²) in [5.41, 5.74) is 4.30. The van der Waals surface area contributed by atoms with E-state index in [-0.39, 0.29) is 5.75 Å². The first-order valence-electron chi connectivity index (χ1n) is 6.78. The van der Waals surface area contributed by atoms with Crippen LogP contribution in [0.1, 0.15) is 23.6 Å². The molecule has 0 bridgehead atoms. The zero-order valence-electron chi connectivity index (χ0n) is 12.4. The fourth-order valence-corrected chi connectivity index (χ4v) is 2.51. The van der Waals surface area contributed by atoms with E-state index in [2.05, 4.69) is 53.6 Å². The number of hydrogen-bond donors (Lipinski definition) is 1. The Morgan fingerprint density at radius 3 is 2.62 bits per heavy atom. The molecule has 4 heteroatoms. The standard InChI is InChI=1S/C17H18INO2/c1-4-21-16-9-13(8-15(18)17(16)20)10-19-14-6-5-11(2)12(3)7-14/h5-10,20H,4H2,1-3H3. The molecule has 2 aromatic carbocycles. The topological polar surface area (TPSA) is 41.8 Å². The number of phenols is 1. The number of benzene rings is 2. The number of aryl methyl sites for hydroxylation is 2. The van der Waals surface area contributed by atoms with Crippen molar-refractivity contribution in [3.63, 3.8) is 0 Å². The van der Waals surface area contributed by atoms with Crippen molar-refractivity contribution in [2.75, 3.05) is 6.61 Å². The summed E-state index contributed by atoms with van der Waals surface area (Å²) in [6.45, 7) is 6.56. The van der Waals surface area contributed by atoms with Crippen molar-refractivity contribution in [1.29, 1.82) is 0 Å². The second kappa shape index (κ2) is 6.93. The number of aromatic hydroxyl groups is 1. The lowest BCUT2D eigenvalue weighted by Crippen LogP contribution is -1.95. The van der Waals surface area contributed by atoms with Gasteiger partial charge in [0.1, 0.15) is 0 Å². The van der Waals surface area contributed by atoms with E-state index in [9.17, 15) is 5.11 Å². The van der Waals surface area contributed by atoms with Crippen LogP contribution in [0, 0.1) is 17.4 Å². The Bertz CT molecular complexity index is 681. The number of aliphatic imine (C=N–C) groups is 1. The molecule has 0 aliphatic heterocycles. The number of hydrogen-bond acceptors (Lipinski definition) is 3. The third kappa shape index (κ3) is 3.97. The molecule has 2 aromatic rings. The van der Waals surface area contributed by atoms with E-state index in [0.717, 1.165) is 14.8 Å². The summed E-state index contributed by atoms with van der Waals surface area (Å²) in [4.78, 5) is 4.48. The Morgan fingerprint density at radius 2 is 1.95 bits per heavy atom. The van der Waals surface area contributed by atoms with Crippen LogP contribution in [0.15, 0.2) is 35.3 Å². The zero-order chi connectivity index (χ0) is 15.4. The second-order valence-corrected chi connectivity index (χ2v) is 5.97. The Morgan fingerprint density at radius 1 is 1.19 bits per heavy atom. The van der Waals surface area contributed by atoms with E-state index in [0.29, 0.717) is 12.4 Å². The van der Waals surface area contributed by atoms with Gasteiger partial charge in [0.05, 0.1) is 15.9 Å². The van der Waals surface area contributed by atoms with Gasteiger partial charge in [0, 0.05) is 6.21 Å². The summed E-state index contributed by atoms with van der Waals surface area (Å²) >= 11 is 2.09. The van der Waals surface area contributed by atoms with E-state index in [1.54, 1.807) is 12.3 Å². The average molecular weight is 395 g/mol. The highest BCUT2D eigenvalue weighted by molar-refractivity contribution is 14.1. The van der Waals surface area contributed by atoms with Gasteiger partial charge in [-0.15, -0.1) is 0 Å². The molecule has 0 aliphatic rings. The SMILES string of the molecule is CCOc1cc(C=Nc2ccc(C)c(C)c2)cc(I)c1O. The van der Waals surface area contributed by atoms with Crippen molar-refractivity contribution in [3.05, 3.63) is 50.6 Å². The van der Waals surface area contributed by atoms with Crippen molar-refractivity contribution in [3.8, 4) is 11.5 Å². The lowest BCUT2D eigenvalue weighted by Gasteiger charge is -2.08. The predicted octanol–water partition coefficient (Wildman–Crippen LogP) is 4.76. The van der Waals surface area contributed by atoms with Crippen molar-refractivity contribution in [2.45, 2.75) is 20.8 Å².